The van der Waals surface area contributed by atoms with Gasteiger partial charge in [-0.3, -0.25) is 4.79 Å². The van der Waals surface area contributed by atoms with Gasteiger partial charge in [0.25, 0.3) is 5.91 Å². The summed E-state index contributed by atoms with van der Waals surface area (Å²) >= 11 is 6.10. The highest BCUT2D eigenvalue weighted by Gasteiger charge is 2.18. The number of nitrogens with one attached hydrogen (secondary N) is 2. The molecule has 0 unspecified atom stereocenters. The van der Waals surface area contributed by atoms with Crippen molar-refractivity contribution >= 4 is 28.5 Å². The number of hydrogen-bond donors (Lipinski definition) is 2. The summed E-state index contributed by atoms with van der Waals surface area (Å²) in [6.07, 6.45) is 1.56. The predicted molar refractivity (Wildman–Crippen MR) is 102 cm³/mol. The largest absolute Gasteiger partial charge is 0.348 e. The number of aromatic amines is 1. The second kappa shape index (κ2) is 7.40. The zero-order valence-corrected chi connectivity index (χ0v) is 15.3. The number of rotatable bonds is 4. The average Bonchev–Trinajstić information content (AvgIpc) is 3.10. The zero-order valence-electron chi connectivity index (χ0n) is 14.5. The topological polar surface area (TPSA) is 48.8 Å². The highest BCUT2D eigenvalue weighted by atomic mass is 35.5. The molecule has 140 valence electrons. The van der Waals surface area contributed by atoms with Crippen molar-refractivity contribution in [2.24, 2.45) is 0 Å². The van der Waals surface area contributed by atoms with E-state index in [9.17, 15) is 13.6 Å². The molecule has 0 aliphatic heterocycles. The second-order valence-electron chi connectivity index (χ2n) is 6.25. The second-order valence-corrected chi connectivity index (χ2v) is 6.65. The molecule has 3 aromatic carbocycles. The van der Waals surface area contributed by atoms with Gasteiger partial charge in [0.15, 0.2) is 22.5 Å². The fraction of sp³-hybridized carbons (Fsp3) is 0.0476. The number of H-pyrrole nitrogens is 1. The number of imidazole rings is 1. The standard InChI is InChI=1S/C21H14ClF2N3O/c22-16-4-2-1-3-14(16)11-25-21(28)13-5-7-20-18(9-13)26-12-27(20)19-8-6-15(23)10-17(19)24/h1-10,12H,11H2,(H,25,28)/p+1. The molecule has 7 heteroatoms. The Bertz CT molecular complexity index is 1190. The van der Waals surface area contributed by atoms with Gasteiger partial charge in [-0.1, -0.05) is 29.8 Å². The highest BCUT2D eigenvalue weighted by molar-refractivity contribution is 6.31. The number of fused-ring (bicyclic) bond motifs is 1. The molecule has 0 saturated heterocycles. The van der Waals surface area contributed by atoms with Gasteiger partial charge in [0, 0.05) is 29.3 Å². The first-order chi connectivity index (χ1) is 13.5. The first-order valence-corrected chi connectivity index (χ1v) is 8.90. The van der Waals surface area contributed by atoms with E-state index >= 15 is 0 Å². The number of amides is 1. The molecule has 0 fully saturated rings. The van der Waals surface area contributed by atoms with Crippen molar-refractivity contribution in [3.05, 3.63) is 94.8 Å². The number of carbonyl (C=O) groups excluding carboxylic acids is 1. The molecule has 0 radical (unpaired) electrons. The Morgan fingerprint density at radius 1 is 1.07 bits per heavy atom. The molecule has 1 aromatic heterocycles. The van der Waals surface area contributed by atoms with Crippen molar-refractivity contribution < 1.29 is 18.1 Å². The number of benzene rings is 3. The maximum atomic E-state index is 14.1. The first-order valence-electron chi connectivity index (χ1n) is 8.53. The summed E-state index contributed by atoms with van der Waals surface area (Å²) in [5, 5.41) is 3.42. The monoisotopic (exact) mass is 398 g/mol. The zero-order chi connectivity index (χ0) is 19.7. The smallest absolute Gasteiger partial charge is 0.251 e. The summed E-state index contributed by atoms with van der Waals surface area (Å²) in [5.74, 6) is -1.57. The van der Waals surface area contributed by atoms with Crippen molar-refractivity contribution in [1.82, 2.24) is 10.3 Å². The van der Waals surface area contributed by atoms with Crippen LogP contribution in [0.3, 0.4) is 0 Å². The Morgan fingerprint density at radius 2 is 1.89 bits per heavy atom. The van der Waals surface area contributed by atoms with Crippen molar-refractivity contribution in [2.45, 2.75) is 6.54 Å². The Balaban J connectivity index is 1.59. The lowest BCUT2D eigenvalue weighted by Gasteiger charge is -2.07. The van der Waals surface area contributed by atoms with E-state index in [1.807, 2.05) is 18.2 Å². The maximum Gasteiger partial charge on any atom is 0.251 e. The Kier molecular flexibility index (Phi) is 4.79. The maximum absolute atomic E-state index is 14.1. The van der Waals surface area contributed by atoms with Crippen LogP contribution in [-0.2, 0) is 6.54 Å². The van der Waals surface area contributed by atoms with Gasteiger partial charge in [0.1, 0.15) is 5.82 Å². The molecule has 0 saturated carbocycles. The van der Waals surface area contributed by atoms with Gasteiger partial charge in [0.05, 0.1) is 0 Å². The third kappa shape index (κ3) is 3.46. The van der Waals surface area contributed by atoms with Gasteiger partial charge < -0.3 is 5.32 Å². The van der Waals surface area contributed by atoms with Crippen molar-refractivity contribution in [3.63, 3.8) is 0 Å². The predicted octanol–water partition coefficient (Wildman–Crippen LogP) is 4.31. The lowest BCUT2D eigenvalue weighted by Crippen LogP contribution is -2.30. The fourth-order valence-corrected chi connectivity index (χ4v) is 3.20. The van der Waals surface area contributed by atoms with Gasteiger partial charge in [0.2, 0.25) is 6.33 Å². The van der Waals surface area contributed by atoms with Crippen LogP contribution < -0.4 is 9.88 Å². The van der Waals surface area contributed by atoms with Crippen LogP contribution in [0.25, 0.3) is 16.7 Å². The Hall–Kier alpha value is -3.25. The van der Waals surface area contributed by atoms with Crippen LogP contribution in [0, 0.1) is 11.6 Å². The molecule has 28 heavy (non-hydrogen) atoms. The normalized spacial score (nSPS) is 11.0. The van der Waals surface area contributed by atoms with Gasteiger partial charge in [-0.2, -0.15) is 4.57 Å². The number of hydrogen-bond acceptors (Lipinski definition) is 1. The van der Waals surface area contributed by atoms with Crippen LogP contribution >= 0.6 is 11.6 Å². The van der Waals surface area contributed by atoms with Gasteiger partial charge >= 0.3 is 0 Å². The first kappa shape index (κ1) is 18.1. The molecule has 2 N–H and O–H groups in total. The molecule has 0 aliphatic rings. The van der Waals surface area contributed by atoms with E-state index in [1.54, 1.807) is 35.2 Å². The van der Waals surface area contributed by atoms with Crippen LogP contribution in [0.4, 0.5) is 8.78 Å². The minimum absolute atomic E-state index is 0.212. The Morgan fingerprint density at radius 3 is 2.68 bits per heavy atom. The summed E-state index contributed by atoms with van der Waals surface area (Å²) < 4.78 is 28.8. The van der Waals surface area contributed by atoms with E-state index in [2.05, 4.69) is 10.3 Å². The van der Waals surface area contributed by atoms with Gasteiger partial charge in [-0.15, -0.1) is 0 Å². The van der Waals surface area contributed by atoms with Crippen LogP contribution in [0.15, 0.2) is 67.0 Å². The molecule has 0 aliphatic carbocycles. The van der Waals surface area contributed by atoms with E-state index in [-0.39, 0.29) is 11.6 Å². The molecule has 0 bridgehead atoms. The summed E-state index contributed by atoms with van der Waals surface area (Å²) in [5.41, 5.74) is 2.79. The highest BCUT2D eigenvalue weighted by Crippen LogP contribution is 2.17. The van der Waals surface area contributed by atoms with Crippen molar-refractivity contribution in [3.8, 4) is 5.69 Å². The van der Waals surface area contributed by atoms with Crippen LogP contribution in [0.5, 0.6) is 0 Å². The van der Waals surface area contributed by atoms with Crippen molar-refractivity contribution in [2.75, 3.05) is 0 Å². The number of halogens is 3. The minimum atomic E-state index is -0.674. The number of aromatic nitrogens is 2. The van der Waals surface area contributed by atoms with E-state index in [1.165, 1.54) is 12.1 Å². The number of nitrogens with zero attached hydrogens (tertiary/aromatic N) is 1. The van der Waals surface area contributed by atoms with E-state index in [0.717, 1.165) is 11.6 Å². The summed E-state index contributed by atoms with van der Waals surface area (Å²) in [6, 6.07) is 15.7. The van der Waals surface area contributed by atoms with Crippen LogP contribution in [0.2, 0.25) is 5.02 Å². The summed E-state index contributed by atoms with van der Waals surface area (Å²) in [7, 11) is 0. The fourth-order valence-electron chi connectivity index (χ4n) is 3.00. The summed E-state index contributed by atoms with van der Waals surface area (Å²) in [6.45, 7) is 0.308. The van der Waals surface area contributed by atoms with E-state index < -0.39 is 11.6 Å². The molecule has 0 spiro atoms. The van der Waals surface area contributed by atoms with Crippen molar-refractivity contribution in [1.29, 1.82) is 0 Å². The Labute approximate surface area is 164 Å². The molecular formula is C21H15ClF2N3O+. The molecule has 4 rings (SSSR count). The lowest BCUT2D eigenvalue weighted by molar-refractivity contribution is -0.569. The average molecular weight is 399 g/mol. The molecular weight excluding hydrogens is 384 g/mol. The molecule has 4 nitrogen and oxygen atoms in total. The molecule has 4 aromatic rings. The van der Waals surface area contributed by atoms with Gasteiger partial charge in [-0.05, 0) is 35.9 Å². The third-order valence-corrected chi connectivity index (χ3v) is 4.80. The van der Waals surface area contributed by atoms with E-state index in [4.69, 9.17) is 11.6 Å². The van der Waals surface area contributed by atoms with Crippen LogP contribution in [0.1, 0.15) is 15.9 Å². The molecule has 0 atom stereocenters. The molecule has 1 amide bonds. The van der Waals surface area contributed by atoms with Gasteiger partial charge in [-0.25, -0.2) is 13.8 Å². The third-order valence-electron chi connectivity index (χ3n) is 4.43. The quantitative estimate of drug-likeness (QED) is 0.494. The van der Waals surface area contributed by atoms with Crippen LogP contribution in [-0.4, -0.2) is 10.9 Å². The summed E-state index contributed by atoms with van der Waals surface area (Å²) in [4.78, 5) is 15.5. The molecule has 1 heterocycles. The number of carbonyl (C=O) groups is 1. The minimum Gasteiger partial charge on any atom is -0.348 e. The lowest BCUT2D eigenvalue weighted by atomic mass is 10.1. The van der Waals surface area contributed by atoms with E-state index in [0.29, 0.717) is 28.2 Å². The SMILES string of the molecule is O=C(NCc1ccccc1Cl)c1ccc2c(c1)[nH]c[n+]2-c1ccc(F)cc1F.